The Balaban J connectivity index is 1.88. The van der Waals surface area contributed by atoms with E-state index in [1.165, 1.54) is 6.26 Å². The molecule has 3 rings (SSSR count). The predicted octanol–water partition coefficient (Wildman–Crippen LogP) is 3.66. The van der Waals surface area contributed by atoms with Gasteiger partial charge in [-0.3, -0.25) is 9.10 Å². The van der Waals surface area contributed by atoms with Gasteiger partial charge in [0.25, 0.3) is 10.0 Å². The average molecular weight is 413 g/mol. The maximum atomic E-state index is 13.3. The molecule has 1 amide bonds. The molecule has 0 unspecified atom stereocenters. The van der Waals surface area contributed by atoms with Crippen LogP contribution in [0, 0.1) is 6.92 Å². The number of aryl methyl sites for hydroxylation is 2. The lowest BCUT2D eigenvalue weighted by Gasteiger charge is -2.24. The summed E-state index contributed by atoms with van der Waals surface area (Å²) >= 11 is 0. The van der Waals surface area contributed by atoms with Crippen molar-refractivity contribution < 1.29 is 17.6 Å². The van der Waals surface area contributed by atoms with E-state index in [0.29, 0.717) is 11.4 Å². The summed E-state index contributed by atoms with van der Waals surface area (Å²) in [7, 11) is -3.91. The molecular formula is C22H24N2O4S. The second-order valence-electron chi connectivity index (χ2n) is 6.70. The fourth-order valence-corrected chi connectivity index (χ4v) is 4.26. The first-order valence-electron chi connectivity index (χ1n) is 9.37. The number of amides is 1. The Kier molecular flexibility index (Phi) is 6.39. The smallest absolute Gasteiger partial charge is 0.264 e. The second kappa shape index (κ2) is 8.96. The largest absolute Gasteiger partial charge is 0.467 e. The van der Waals surface area contributed by atoms with Crippen LogP contribution in [0.15, 0.2) is 76.2 Å². The van der Waals surface area contributed by atoms with E-state index in [1.807, 2.05) is 26.0 Å². The lowest BCUT2D eigenvalue weighted by Crippen LogP contribution is -2.40. The topological polar surface area (TPSA) is 79.6 Å². The molecule has 0 aliphatic heterocycles. The Morgan fingerprint density at radius 2 is 1.72 bits per heavy atom. The minimum Gasteiger partial charge on any atom is -0.467 e. The molecule has 0 saturated heterocycles. The molecule has 1 aromatic heterocycles. The van der Waals surface area contributed by atoms with Crippen molar-refractivity contribution in [2.45, 2.75) is 31.7 Å². The summed E-state index contributed by atoms with van der Waals surface area (Å²) in [5.74, 6) is 0.176. The van der Waals surface area contributed by atoms with Gasteiger partial charge in [0.1, 0.15) is 12.3 Å². The lowest BCUT2D eigenvalue weighted by molar-refractivity contribution is -0.119. The fraction of sp³-hybridized carbons (Fsp3) is 0.227. The van der Waals surface area contributed by atoms with E-state index < -0.39 is 15.9 Å². The van der Waals surface area contributed by atoms with Gasteiger partial charge >= 0.3 is 0 Å². The van der Waals surface area contributed by atoms with Crippen LogP contribution in [-0.2, 0) is 27.8 Å². The zero-order chi connectivity index (χ0) is 20.9. The van der Waals surface area contributed by atoms with E-state index in [2.05, 4.69) is 5.32 Å². The highest BCUT2D eigenvalue weighted by Crippen LogP contribution is 2.24. The number of furan rings is 1. The molecule has 0 atom stereocenters. The summed E-state index contributed by atoms with van der Waals surface area (Å²) in [4.78, 5) is 12.7. The van der Waals surface area contributed by atoms with Gasteiger partial charge in [0.15, 0.2) is 0 Å². The van der Waals surface area contributed by atoms with E-state index in [0.717, 1.165) is 21.9 Å². The molecule has 0 saturated carbocycles. The molecule has 2 aromatic carbocycles. The molecule has 29 heavy (non-hydrogen) atoms. The summed E-state index contributed by atoms with van der Waals surface area (Å²) in [6, 6.07) is 17.2. The Hall–Kier alpha value is -3.06. The summed E-state index contributed by atoms with van der Waals surface area (Å²) in [6.45, 7) is 3.78. The van der Waals surface area contributed by atoms with Crippen molar-refractivity contribution in [3.63, 3.8) is 0 Å². The van der Waals surface area contributed by atoms with Crippen LogP contribution in [0.2, 0.25) is 0 Å². The maximum Gasteiger partial charge on any atom is 0.264 e. The van der Waals surface area contributed by atoms with Crippen LogP contribution in [0.3, 0.4) is 0 Å². The molecule has 1 N–H and O–H groups in total. The Morgan fingerprint density at radius 1 is 1.03 bits per heavy atom. The van der Waals surface area contributed by atoms with Crippen LogP contribution in [0.4, 0.5) is 5.69 Å². The number of benzene rings is 2. The standard InChI is InChI=1S/C22H24N2O4S/c1-3-18-8-10-19(11-9-18)24(16-22(25)23-15-20-5-4-14-28-20)29(26,27)21-12-6-17(2)7-13-21/h4-14H,3,15-16H2,1-2H3,(H,23,25). The first kappa shape index (κ1) is 20.7. The third-order valence-electron chi connectivity index (χ3n) is 4.57. The van der Waals surface area contributed by atoms with Crippen LogP contribution in [0.5, 0.6) is 0 Å². The SMILES string of the molecule is CCc1ccc(N(CC(=O)NCc2ccco2)S(=O)(=O)c2ccc(C)cc2)cc1. The van der Waals surface area contributed by atoms with Crippen molar-refractivity contribution >= 4 is 21.6 Å². The van der Waals surface area contributed by atoms with E-state index in [9.17, 15) is 13.2 Å². The van der Waals surface area contributed by atoms with Gasteiger partial charge in [0.2, 0.25) is 5.91 Å². The molecule has 3 aromatic rings. The highest BCUT2D eigenvalue weighted by atomic mass is 32.2. The third kappa shape index (κ3) is 5.06. The van der Waals surface area contributed by atoms with Gasteiger partial charge in [0.05, 0.1) is 23.4 Å². The van der Waals surface area contributed by atoms with Gasteiger partial charge in [0, 0.05) is 0 Å². The first-order valence-corrected chi connectivity index (χ1v) is 10.8. The molecular weight excluding hydrogens is 388 g/mol. The van der Waals surface area contributed by atoms with Gasteiger partial charge in [-0.25, -0.2) is 8.42 Å². The average Bonchev–Trinajstić information content (AvgIpc) is 3.24. The first-order chi connectivity index (χ1) is 13.9. The quantitative estimate of drug-likeness (QED) is 0.612. The van der Waals surface area contributed by atoms with Gasteiger partial charge in [-0.05, 0) is 55.3 Å². The van der Waals surface area contributed by atoms with Crippen molar-refractivity contribution in [2.75, 3.05) is 10.8 Å². The van der Waals surface area contributed by atoms with Crippen molar-refractivity contribution in [1.82, 2.24) is 5.32 Å². The molecule has 0 bridgehead atoms. The predicted molar refractivity (Wildman–Crippen MR) is 112 cm³/mol. The molecule has 0 spiro atoms. The number of anilines is 1. The zero-order valence-electron chi connectivity index (χ0n) is 16.5. The van der Waals surface area contributed by atoms with Crippen LogP contribution >= 0.6 is 0 Å². The van der Waals surface area contributed by atoms with Crippen molar-refractivity contribution in [3.05, 3.63) is 83.8 Å². The summed E-state index contributed by atoms with van der Waals surface area (Å²) in [5, 5.41) is 2.70. The van der Waals surface area contributed by atoms with Crippen LogP contribution in [-0.4, -0.2) is 20.9 Å². The van der Waals surface area contributed by atoms with Crippen LogP contribution in [0.25, 0.3) is 0 Å². The van der Waals surface area contributed by atoms with Crippen LogP contribution in [0.1, 0.15) is 23.8 Å². The third-order valence-corrected chi connectivity index (χ3v) is 6.36. The summed E-state index contributed by atoms with van der Waals surface area (Å²) in [6.07, 6.45) is 2.36. The number of sulfonamides is 1. The van der Waals surface area contributed by atoms with E-state index >= 15 is 0 Å². The molecule has 0 fully saturated rings. The molecule has 6 nitrogen and oxygen atoms in total. The van der Waals surface area contributed by atoms with Gasteiger partial charge < -0.3 is 9.73 Å². The van der Waals surface area contributed by atoms with Crippen LogP contribution < -0.4 is 9.62 Å². The molecule has 1 heterocycles. The zero-order valence-corrected chi connectivity index (χ0v) is 17.3. The monoisotopic (exact) mass is 412 g/mol. The van der Waals surface area contributed by atoms with Gasteiger partial charge in [-0.2, -0.15) is 0 Å². The molecule has 0 aliphatic carbocycles. The van der Waals surface area contributed by atoms with E-state index in [1.54, 1.807) is 48.5 Å². The minimum atomic E-state index is -3.91. The van der Waals surface area contributed by atoms with Crippen molar-refractivity contribution in [2.24, 2.45) is 0 Å². The number of carbonyl (C=O) groups excluding carboxylic acids is 1. The number of nitrogens with zero attached hydrogens (tertiary/aromatic N) is 1. The second-order valence-corrected chi connectivity index (χ2v) is 8.56. The minimum absolute atomic E-state index is 0.140. The fourth-order valence-electron chi connectivity index (χ4n) is 2.84. The van der Waals surface area contributed by atoms with Gasteiger partial charge in [-0.1, -0.05) is 36.8 Å². The lowest BCUT2D eigenvalue weighted by atomic mass is 10.1. The number of carbonyl (C=O) groups is 1. The van der Waals surface area contributed by atoms with E-state index in [-0.39, 0.29) is 18.0 Å². The summed E-state index contributed by atoms with van der Waals surface area (Å²) in [5.41, 5.74) is 2.48. The van der Waals surface area contributed by atoms with Crippen molar-refractivity contribution in [3.8, 4) is 0 Å². The number of hydrogen-bond donors (Lipinski definition) is 1. The molecule has 0 radical (unpaired) electrons. The number of nitrogens with one attached hydrogen (secondary N) is 1. The van der Waals surface area contributed by atoms with Gasteiger partial charge in [-0.15, -0.1) is 0 Å². The van der Waals surface area contributed by atoms with Crippen molar-refractivity contribution in [1.29, 1.82) is 0 Å². The maximum absolute atomic E-state index is 13.3. The Labute approximate surface area is 171 Å². The number of hydrogen-bond acceptors (Lipinski definition) is 4. The van der Waals surface area contributed by atoms with E-state index in [4.69, 9.17) is 4.42 Å². The highest BCUT2D eigenvalue weighted by Gasteiger charge is 2.27. The Morgan fingerprint density at radius 3 is 2.31 bits per heavy atom. The highest BCUT2D eigenvalue weighted by molar-refractivity contribution is 7.92. The Bertz CT molecular complexity index is 1040. The summed E-state index contributed by atoms with van der Waals surface area (Å²) < 4.78 is 32.9. The normalized spacial score (nSPS) is 11.2. The number of rotatable bonds is 8. The molecule has 7 heteroatoms. The molecule has 0 aliphatic rings. The molecule has 152 valence electrons.